The van der Waals surface area contributed by atoms with Crippen molar-refractivity contribution in [3.8, 4) is 0 Å². The summed E-state index contributed by atoms with van der Waals surface area (Å²) in [6.07, 6.45) is 3.61. The molecule has 0 aliphatic rings. The molecule has 0 aliphatic carbocycles. The molecule has 0 spiro atoms. The average molecular weight is 264 g/mol. The smallest absolute Gasteiger partial charge is 0.211 e. The average Bonchev–Trinajstić information content (AvgIpc) is 2.44. The third-order valence-corrected chi connectivity index (χ3v) is 2.90. The number of aliphatic imine (C=N–C) groups is 2. The van der Waals surface area contributed by atoms with Crippen molar-refractivity contribution in [2.24, 2.45) is 9.98 Å². The van der Waals surface area contributed by atoms with Crippen molar-refractivity contribution in [3.63, 3.8) is 0 Å². The lowest BCUT2D eigenvalue weighted by molar-refractivity contribution is 0.565. The highest BCUT2D eigenvalue weighted by Gasteiger charge is 2.10. The van der Waals surface area contributed by atoms with E-state index < -0.39 is 0 Å². The molecule has 0 aromatic heterocycles. The molecule has 0 amide bonds. The number of benzene rings is 2. The minimum Gasteiger partial charge on any atom is -0.211 e. The topological polar surface area (TPSA) is 58.9 Å². The van der Waals surface area contributed by atoms with E-state index in [9.17, 15) is 9.59 Å². The van der Waals surface area contributed by atoms with E-state index in [0.29, 0.717) is 23.4 Å². The summed E-state index contributed by atoms with van der Waals surface area (Å²) in [5.41, 5.74) is 3.59. The molecule has 0 saturated carbocycles. The van der Waals surface area contributed by atoms with Crippen LogP contribution in [0.2, 0.25) is 0 Å². The number of rotatable bonds is 4. The zero-order valence-electron chi connectivity index (χ0n) is 11.0. The summed E-state index contributed by atoms with van der Waals surface area (Å²) in [6, 6.07) is 13.2. The lowest BCUT2D eigenvalue weighted by atomic mass is 9.99. The largest absolute Gasteiger partial charge is 0.240 e. The van der Waals surface area contributed by atoms with Gasteiger partial charge in [-0.25, -0.2) is 9.59 Å². The SMILES string of the molecule is Cc1cc(N=C=O)c(Cc2ccccc2)c(N=C=O)c1. The van der Waals surface area contributed by atoms with Gasteiger partial charge < -0.3 is 0 Å². The third-order valence-electron chi connectivity index (χ3n) is 2.90. The molecule has 0 N–H and O–H groups in total. The molecule has 0 unspecified atom stereocenters. The van der Waals surface area contributed by atoms with Crippen molar-refractivity contribution in [1.82, 2.24) is 0 Å². The van der Waals surface area contributed by atoms with Crippen LogP contribution in [-0.2, 0) is 16.0 Å². The Balaban J connectivity index is 2.58. The van der Waals surface area contributed by atoms with Gasteiger partial charge in [-0.3, -0.25) is 0 Å². The summed E-state index contributed by atoms with van der Waals surface area (Å²) in [5.74, 6) is 0. The van der Waals surface area contributed by atoms with Crippen molar-refractivity contribution in [1.29, 1.82) is 0 Å². The predicted octanol–water partition coefficient (Wildman–Crippen LogP) is 3.52. The molecular formula is C16H12N2O2. The van der Waals surface area contributed by atoms with E-state index in [1.54, 1.807) is 24.3 Å². The Bertz CT molecular complexity index is 672. The zero-order chi connectivity index (χ0) is 14.4. The van der Waals surface area contributed by atoms with Crippen LogP contribution < -0.4 is 0 Å². The van der Waals surface area contributed by atoms with Gasteiger partial charge in [-0.2, -0.15) is 9.98 Å². The number of hydrogen-bond donors (Lipinski definition) is 0. The van der Waals surface area contributed by atoms with E-state index in [4.69, 9.17) is 0 Å². The van der Waals surface area contributed by atoms with Gasteiger partial charge in [-0.15, -0.1) is 0 Å². The van der Waals surface area contributed by atoms with E-state index in [2.05, 4.69) is 9.98 Å². The van der Waals surface area contributed by atoms with Crippen LogP contribution in [-0.4, -0.2) is 12.2 Å². The zero-order valence-corrected chi connectivity index (χ0v) is 11.0. The molecule has 4 nitrogen and oxygen atoms in total. The Morgan fingerprint density at radius 2 is 1.50 bits per heavy atom. The second kappa shape index (κ2) is 6.39. The Labute approximate surface area is 116 Å². The van der Waals surface area contributed by atoms with Crippen molar-refractivity contribution in [3.05, 3.63) is 59.2 Å². The van der Waals surface area contributed by atoms with Crippen LogP contribution in [0.25, 0.3) is 0 Å². The molecule has 0 aliphatic heterocycles. The first kappa shape index (κ1) is 13.6. The van der Waals surface area contributed by atoms with Gasteiger partial charge in [0.2, 0.25) is 12.2 Å². The maximum Gasteiger partial charge on any atom is 0.240 e. The molecule has 2 aromatic rings. The molecule has 0 radical (unpaired) electrons. The fraction of sp³-hybridized carbons (Fsp3) is 0.125. The van der Waals surface area contributed by atoms with Gasteiger partial charge in [0, 0.05) is 12.0 Å². The second-order valence-electron chi connectivity index (χ2n) is 4.35. The number of carbonyl (C=O) groups excluding carboxylic acids is 2. The van der Waals surface area contributed by atoms with E-state index in [1.807, 2.05) is 37.3 Å². The molecule has 0 fully saturated rings. The highest BCUT2D eigenvalue weighted by molar-refractivity contribution is 5.68. The van der Waals surface area contributed by atoms with Crippen molar-refractivity contribution < 1.29 is 9.59 Å². The maximum absolute atomic E-state index is 10.6. The quantitative estimate of drug-likeness (QED) is 0.626. The van der Waals surface area contributed by atoms with Crippen LogP contribution in [0, 0.1) is 6.92 Å². The van der Waals surface area contributed by atoms with Gasteiger partial charge >= 0.3 is 0 Å². The van der Waals surface area contributed by atoms with Crippen molar-refractivity contribution in [2.75, 3.05) is 0 Å². The molecule has 0 bridgehead atoms. The highest BCUT2D eigenvalue weighted by Crippen LogP contribution is 2.32. The minimum atomic E-state index is 0.484. The van der Waals surface area contributed by atoms with Crippen LogP contribution in [0.4, 0.5) is 11.4 Å². The van der Waals surface area contributed by atoms with E-state index in [0.717, 1.165) is 11.1 Å². The van der Waals surface area contributed by atoms with Crippen LogP contribution in [0.5, 0.6) is 0 Å². The van der Waals surface area contributed by atoms with E-state index in [-0.39, 0.29) is 0 Å². The summed E-state index contributed by atoms with van der Waals surface area (Å²) in [4.78, 5) is 28.5. The monoisotopic (exact) mass is 264 g/mol. The van der Waals surface area contributed by atoms with Gasteiger partial charge in [0.1, 0.15) is 0 Å². The predicted molar refractivity (Wildman–Crippen MR) is 76.0 cm³/mol. The molecule has 0 saturated heterocycles. The number of hydrogen-bond acceptors (Lipinski definition) is 4. The summed E-state index contributed by atoms with van der Waals surface area (Å²) >= 11 is 0. The Morgan fingerprint density at radius 1 is 0.950 bits per heavy atom. The minimum absolute atomic E-state index is 0.484. The standard InChI is InChI=1S/C16H12N2O2/c1-12-7-15(17-10-19)14(16(8-12)18-11-20)9-13-5-3-2-4-6-13/h2-8H,9H2,1H3. The van der Waals surface area contributed by atoms with Gasteiger partial charge in [0.15, 0.2) is 0 Å². The molecule has 20 heavy (non-hydrogen) atoms. The summed E-state index contributed by atoms with van der Waals surface area (Å²) in [5, 5.41) is 0. The number of nitrogens with zero attached hydrogens (tertiary/aromatic N) is 2. The van der Waals surface area contributed by atoms with Gasteiger partial charge in [0.25, 0.3) is 0 Å². The van der Waals surface area contributed by atoms with E-state index in [1.165, 1.54) is 0 Å². The molecule has 4 heteroatoms. The van der Waals surface area contributed by atoms with Crippen molar-refractivity contribution in [2.45, 2.75) is 13.3 Å². The first-order chi connectivity index (χ1) is 9.74. The maximum atomic E-state index is 10.6. The Morgan fingerprint density at radius 3 is 2.00 bits per heavy atom. The number of isocyanates is 2. The summed E-state index contributed by atoms with van der Waals surface area (Å²) in [6.45, 7) is 1.85. The van der Waals surface area contributed by atoms with Crippen LogP contribution >= 0.6 is 0 Å². The number of aryl methyl sites for hydroxylation is 1. The second-order valence-corrected chi connectivity index (χ2v) is 4.35. The van der Waals surface area contributed by atoms with Crippen molar-refractivity contribution >= 4 is 23.5 Å². The Hall–Kier alpha value is -2.80. The van der Waals surface area contributed by atoms with Crippen LogP contribution in [0.15, 0.2) is 52.4 Å². The lowest BCUT2D eigenvalue weighted by Gasteiger charge is -2.09. The van der Waals surface area contributed by atoms with Crippen LogP contribution in [0.1, 0.15) is 16.7 Å². The molecule has 0 heterocycles. The van der Waals surface area contributed by atoms with Gasteiger partial charge in [0.05, 0.1) is 11.4 Å². The van der Waals surface area contributed by atoms with E-state index >= 15 is 0 Å². The normalized spacial score (nSPS) is 9.45. The van der Waals surface area contributed by atoms with Crippen LogP contribution in [0.3, 0.4) is 0 Å². The fourth-order valence-electron chi connectivity index (χ4n) is 2.06. The molecular weight excluding hydrogens is 252 g/mol. The molecule has 0 atom stereocenters. The first-order valence-corrected chi connectivity index (χ1v) is 6.08. The lowest BCUT2D eigenvalue weighted by Crippen LogP contribution is -1.91. The fourth-order valence-corrected chi connectivity index (χ4v) is 2.06. The Kier molecular flexibility index (Phi) is 4.35. The van der Waals surface area contributed by atoms with Gasteiger partial charge in [-0.1, -0.05) is 30.3 Å². The summed E-state index contributed by atoms with van der Waals surface area (Å²) in [7, 11) is 0. The molecule has 2 rings (SSSR count). The van der Waals surface area contributed by atoms with Gasteiger partial charge in [-0.05, 0) is 30.2 Å². The molecule has 98 valence electrons. The third kappa shape index (κ3) is 3.15. The highest BCUT2D eigenvalue weighted by atomic mass is 16.1. The molecule has 2 aromatic carbocycles. The first-order valence-electron chi connectivity index (χ1n) is 6.08. The summed E-state index contributed by atoms with van der Waals surface area (Å²) < 4.78 is 0.